The van der Waals surface area contributed by atoms with E-state index < -0.39 is 29.7 Å². The maximum absolute atomic E-state index is 13.3. The fraction of sp³-hybridized carbons (Fsp3) is 0.172. The first-order chi connectivity index (χ1) is 18.6. The van der Waals surface area contributed by atoms with Crippen molar-refractivity contribution in [1.82, 2.24) is 19.7 Å². The molecule has 0 saturated carbocycles. The third-order valence-corrected chi connectivity index (χ3v) is 6.09. The zero-order valence-corrected chi connectivity index (χ0v) is 20.9. The molecule has 0 radical (unpaired) electrons. The fourth-order valence-corrected chi connectivity index (χ4v) is 4.03. The van der Waals surface area contributed by atoms with Crippen LogP contribution in [0.1, 0.15) is 22.4 Å². The minimum Gasteiger partial charge on any atom is -0.480 e. The fourth-order valence-electron chi connectivity index (χ4n) is 4.03. The van der Waals surface area contributed by atoms with Gasteiger partial charge in [0.1, 0.15) is 6.04 Å². The highest BCUT2D eigenvalue weighted by molar-refractivity contribution is 5.94. The normalized spacial score (nSPS) is 12.4. The molecular weight excluding hydrogens is 509 g/mol. The average Bonchev–Trinajstić information content (AvgIpc) is 3.34. The van der Waals surface area contributed by atoms with E-state index in [9.17, 15) is 27.9 Å². The van der Waals surface area contributed by atoms with Gasteiger partial charge in [-0.1, -0.05) is 36.4 Å². The van der Waals surface area contributed by atoms with Crippen LogP contribution in [0.5, 0.6) is 0 Å². The number of aromatic nitrogens is 3. The SMILES string of the molecule is Cn1ccc(CC(C(=O)O)N(Cc2ccc(-c3ccncc3)cc2)C(=O)/C=C/c2ccc(C(F)(F)F)cc2)n1. The summed E-state index contributed by atoms with van der Waals surface area (Å²) in [6.07, 6.45) is 3.09. The van der Waals surface area contributed by atoms with Crippen LogP contribution in [0, 0.1) is 0 Å². The molecule has 0 aliphatic heterocycles. The van der Waals surface area contributed by atoms with E-state index in [1.165, 1.54) is 29.2 Å². The molecule has 1 unspecified atom stereocenters. The molecule has 0 bridgehead atoms. The first-order valence-electron chi connectivity index (χ1n) is 12.0. The summed E-state index contributed by atoms with van der Waals surface area (Å²) < 4.78 is 40.2. The van der Waals surface area contributed by atoms with Crippen LogP contribution in [-0.4, -0.2) is 42.7 Å². The zero-order valence-electron chi connectivity index (χ0n) is 20.9. The molecule has 2 heterocycles. The number of carbonyl (C=O) groups is 2. The maximum atomic E-state index is 13.3. The Morgan fingerprint density at radius 3 is 2.18 bits per heavy atom. The van der Waals surface area contributed by atoms with Crippen molar-refractivity contribution in [3.63, 3.8) is 0 Å². The molecule has 4 aromatic rings. The molecule has 1 atom stereocenters. The number of hydrogen-bond donors (Lipinski definition) is 1. The molecule has 39 heavy (non-hydrogen) atoms. The molecule has 0 aliphatic carbocycles. The summed E-state index contributed by atoms with van der Waals surface area (Å²) in [7, 11) is 1.71. The van der Waals surface area contributed by atoms with E-state index in [1.807, 2.05) is 36.4 Å². The molecular formula is C29H25F3N4O3. The number of amides is 1. The predicted molar refractivity (Wildman–Crippen MR) is 139 cm³/mol. The number of hydrogen-bond acceptors (Lipinski definition) is 4. The van der Waals surface area contributed by atoms with E-state index in [0.717, 1.165) is 23.3 Å². The van der Waals surface area contributed by atoms with Gasteiger partial charge in [0.25, 0.3) is 0 Å². The average molecular weight is 535 g/mol. The summed E-state index contributed by atoms with van der Waals surface area (Å²) in [5.74, 6) is -1.80. The molecule has 2 aromatic heterocycles. The number of rotatable bonds is 9. The quantitative estimate of drug-likeness (QED) is 0.297. The Bertz CT molecular complexity index is 1450. The van der Waals surface area contributed by atoms with Gasteiger partial charge in [-0.05, 0) is 58.7 Å². The highest BCUT2D eigenvalue weighted by Crippen LogP contribution is 2.29. The van der Waals surface area contributed by atoms with Crippen LogP contribution in [0.4, 0.5) is 13.2 Å². The van der Waals surface area contributed by atoms with Crippen molar-refractivity contribution < 1.29 is 27.9 Å². The lowest BCUT2D eigenvalue weighted by molar-refractivity contribution is -0.149. The van der Waals surface area contributed by atoms with Crippen molar-refractivity contribution in [3.8, 4) is 11.1 Å². The van der Waals surface area contributed by atoms with Crippen LogP contribution in [-0.2, 0) is 35.8 Å². The number of aryl methyl sites for hydroxylation is 1. The minimum atomic E-state index is -4.47. The van der Waals surface area contributed by atoms with Crippen LogP contribution in [0.2, 0.25) is 0 Å². The highest BCUT2D eigenvalue weighted by Gasteiger charge is 2.31. The standard InChI is InChI=1S/C29H25F3N4O3/c1-35-17-14-25(34-35)18-26(28(38)39)36(19-21-2-7-22(8-3-21)23-12-15-33-16-13-23)27(37)11-6-20-4-9-24(10-5-20)29(30,31)32/h2-17,26H,18-19H2,1H3,(H,38,39)/b11-6+. The third kappa shape index (κ3) is 7.19. The van der Waals surface area contributed by atoms with E-state index in [0.29, 0.717) is 16.8 Å². The monoisotopic (exact) mass is 534 g/mol. The number of carboxylic acid groups (broad SMARTS) is 1. The van der Waals surface area contributed by atoms with Crippen molar-refractivity contribution >= 4 is 18.0 Å². The first-order valence-corrected chi connectivity index (χ1v) is 12.0. The second-order valence-electron chi connectivity index (χ2n) is 8.89. The van der Waals surface area contributed by atoms with Gasteiger partial charge < -0.3 is 10.0 Å². The predicted octanol–water partition coefficient (Wildman–Crippen LogP) is 5.24. The number of benzene rings is 2. The maximum Gasteiger partial charge on any atom is 0.416 e. The Balaban J connectivity index is 1.60. The molecule has 1 amide bonds. The first kappa shape index (κ1) is 27.3. The largest absolute Gasteiger partial charge is 0.480 e. The minimum absolute atomic E-state index is 0.00336. The molecule has 4 rings (SSSR count). The van der Waals surface area contributed by atoms with Gasteiger partial charge in [-0.3, -0.25) is 14.5 Å². The smallest absolute Gasteiger partial charge is 0.416 e. The van der Waals surface area contributed by atoms with E-state index in [1.54, 1.807) is 36.4 Å². The van der Waals surface area contributed by atoms with Crippen molar-refractivity contribution in [1.29, 1.82) is 0 Å². The number of nitrogens with zero attached hydrogens (tertiary/aromatic N) is 4. The Morgan fingerprint density at radius 2 is 1.62 bits per heavy atom. The lowest BCUT2D eigenvalue weighted by atomic mass is 10.0. The van der Waals surface area contributed by atoms with Gasteiger partial charge >= 0.3 is 12.1 Å². The highest BCUT2D eigenvalue weighted by atomic mass is 19.4. The number of carbonyl (C=O) groups excluding carboxylic acids is 1. The van der Waals surface area contributed by atoms with Crippen molar-refractivity contribution in [3.05, 3.63) is 114 Å². The molecule has 2 aromatic carbocycles. The Hall–Kier alpha value is -4.73. The van der Waals surface area contributed by atoms with Crippen LogP contribution in [0.15, 0.2) is 91.4 Å². The zero-order chi connectivity index (χ0) is 28.0. The molecule has 200 valence electrons. The summed E-state index contributed by atoms with van der Waals surface area (Å²) in [6.45, 7) is -0.00336. The molecule has 1 N–H and O–H groups in total. The van der Waals surface area contributed by atoms with E-state index in [2.05, 4.69) is 10.1 Å². The van der Waals surface area contributed by atoms with Gasteiger partial charge in [-0.2, -0.15) is 18.3 Å². The third-order valence-electron chi connectivity index (χ3n) is 6.09. The topological polar surface area (TPSA) is 88.3 Å². The molecule has 0 fully saturated rings. The van der Waals surface area contributed by atoms with Gasteiger partial charge in [-0.25, -0.2) is 4.79 Å². The lowest BCUT2D eigenvalue weighted by Gasteiger charge is -2.28. The van der Waals surface area contributed by atoms with Crippen LogP contribution in [0.3, 0.4) is 0 Å². The summed E-state index contributed by atoms with van der Waals surface area (Å²) in [5, 5.41) is 14.3. The molecule has 10 heteroatoms. The Labute approximate surface area is 222 Å². The second kappa shape index (κ2) is 11.8. The summed E-state index contributed by atoms with van der Waals surface area (Å²) in [6, 6.07) is 15.9. The van der Waals surface area contributed by atoms with Gasteiger partial charge in [-0.15, -0.1) is 0 Å². The number of pyridine rings is 1. The molecule has 0 spiro atoms. The lowest BCUT2D eigenvalue weighted by Crippen LogP contribution is -2.45. The Morgan fingerprint density at radius 1 is 0.974 bits per heavy atom. The molecule has 0 saturated heterocycles. The number of aliphatic carboxylic acids is 1. The summed E-state index contributed by atoms with van der Waals surface area (Å²) in [4.78, 5) is 30.9. The summed E-state index contributed by atoms with van der Waals surface area (Å²) >= 11 is 0. The van der Waals surface area contributed by atoms with Gasteiger partial charge in [0.05, 0.1) is 11.3 Å². The number of carboxylic acids is 1. The van der Waals surface area contributed by atoms with E-state index in [4.69, 9.17) is 0 Å². The van der Waals surface area contributed by atoms with Crippen LogP contribution >= 0.6 is 0 Å². The van der Waals surface area contributed by atoms with Crippen molar-refractivity contribution in [2.75, 3.05) is 0 Å². The van der Waals surface area contributed by atoms with Crippen molar-refractivity contribution in [2.45, 2.75) is 25.2 Å². The molecule has 0 aliphatic rings. The Kier molecular flexibility index (Phi) is 8.24. The van der Waals surface area contributed by atoms with Gasteiger partial charge in [0.15, 0.2) is 0 Å². The van der Waals surface area contributed by atoms with Gasteiger partial charge in [0, 0.05) is 44.7 Å². The summed E-state index contributed by atoms with van der Waals surface area (Å²) in [5.41, 5.74) is 2.67. The van der Waals surface area contributed by atoms with Crippen LogP contribution < -0.4 is 0 Å². The van der Waals surface area contributed by atoms with E-state index in [-0.39, 0.29) is 13.0 Å². The number of alkyl halides is 3. The second-order valence-corrected chi connectivity index (χ2v) is 8.89. The van der Waals surface area contributed by atoms with Gasteiger partial charge in [0.2, 0.25) is 5.91 Å². The van der Waals surface area contributed by atoms with Crippen LogP contribution in [0.25, 0.3) is 17.2 Å². The van der Waals surface area contributed by atoms with Crippen molar-refractivity contribution in [2.24, 2.45) is 7.05 Å². The van der Waals surface area contributed by atoms with E-state index >= 15 is 0 Å². The number of halogens is 3. The molecule has 7 nitrogen and oxygen atoms in total.